The van der Waals surface area contributed by atoms with Crippen LogP contribution in [0.25, 0.3) is 0 Å². The van der Waals surface area contributed by atoms with E-state index < -0.39 is 9.84 Å². The number of allylic oxidation sites excluding steroid dienone is 1. The van der Waals surface area contributed by atoms with Gasteiger partial charge in [0.2, 0.25) is 0 Å². The van der Waals surface area contributed by atoms with Crippen molar-refractivity contribution < 1.29 is 17.9 Å². The number of methoxy groups -OCH3 is 1. The van der Waals surface area contributed by atoms with Crippen molar-refractivity contribution in [2.24, 2.45) is 0 Å². The van der Waals surface area contributed by atoms with E-state index in [9.17, 15) is 13.2 Å². The SMILES string of the molecule is COc1cccc(N(CCCS(C)(=O)=O)C(=O)/C=C(\C)C(=N)c2ccccc2N)c1. The van der Waals surface area contributed by atoms with Gasteiger partial charge in [-0.2, -0.15) is 0 Å². The summed E-state index contributed by atoms with van der Waals surface area (Å²) in [7, 11) is -1.61. The molecule has 0 heterocycles. The molecular weight excluding hydrogens is 402 g/mol. The number of benzene rings is 2. The Morgan fingerprint density at radius 2 is 1.90 bits per heavy atom. The first-order valence-electron chi connectivity index (χ1n) is 9.37. The van der Waals surface area contributed by atoms with E-state index in [1.807, 2.05) is 0 Å². The quantitative estimate of drug-likeness (QED) is 0.361. The number of hydrogen-bond donors (Lipinski definition) is 2. The van der Waals surface area contributed by atoms with Gasteiger partial charge >= 0.3 is 0 Å². The van der Waals surface area contributed by atoms with Crippen molar-refractivity contribution in [3.8, 4) is 5.75 Å². The second-order valence-corrected chi connectivity index (χ2v) is 9.22. The van der Waals surface area contributed by atoms with E-state index in [1.54, 1.807) is 55.5 Å². The molecule has 0 bridgehead atoms. The lowest BCUT2D eigenvalue weighted by molar-refractivity contribution is -0.114. The molecule has 160 valence electrons. The number of nitrogens with two attached hydrogens (primary N) is 1. The average Bonchev–Trinajstić information content (AvgIpc) is 2.70. The Morgan fingerprint density at radius 1 is 1.20 bits per heavy atom. The summed E-state index contributed by atoms with van der Waals surface area (Å²) in [5.74, 6) is 0.201. The van der Waals surface area contributed by atoms with Gasteiger partial charge in [-0.15, -0.1) is 0 Å². The Bertz CT molecular complexity index is 1060. The van der Waals surface area contributed by atoms with Gasteiger partial charge in [0, 0.05) is 41.9 Å². The molecule has 8 heteroatoms. The summed E-state index contributed by atoms with van der Waals surface area (Å²) in [5, 5.41) is 8.38. The summed E-state index contributed by atoms with van der Waals surface area (Å²) in [4.78, 5) is 14.5. The number of nitrogens with zero attached hydrogens (tertiary/aromatic N) is 1. The maximum absolute atomic E-state index is 13.1. The van der Waals surface area contributed by atoms with Gasteiger partial charge in [-0.05, 0) is 37.1 Å². The Hall–Kier alpha value is -3.13. The minimum atomic E-state index is -3.14. The summed E-state index contributed by atoms with van der Waals surface area (Å²) in [6.07, 6.45) is 2.83. The molecule has 0 aliphatic heterocycles. The Kier molecular flexibility index (Phi) is 7.77. The van der Waals surface area contributed by atoms with Crippen molar-refractivity contribution in [3.05, 3.63) is 65.7 Å². The monoisotopic (exact) mass is 429 g/mol. The third-order valence-electron chi connectivity index (χ3n) is 4.49. The topological polar surface area (TPSA) is 114 Å². The summed E-state index contributed by atoms with van der Waals surface area (Å²) in [5.41, 5.74) is 8.14. The van der Waals surface area contributed by atoms with Crippen LogP contribution in [0, 0.1) is 5.41 Å². The number of ether oxygens (including phenoxy) is 1. The third-order valence-corrected chi connectivity index (χ3v) is 5.52. The molecule has 2 rings (SSSR count). The smallest absolute Gasteiger partial charge is 0.251 e. The number of carbonyl (C=O) groups is 1. The minimum Gasteiger partial charge on any atom is -0.497 e. The maximum Gasteiger partial charge on any atom is 0.251 e. The fourth-order valence-electron chi connectivity index (χ4n) is 2.90. The lowest BCUT2D eigenvalue weighted by Gasteiger charge is -2.22. The molecule has 0 atom stereocenters. The van der Waals surface area contributed by atoms with Gasteiger partial charge in [0.15, 0.2) is 0 Å². The normalized spacial score (nSPS) is 11.8. The zero-order valence-corrected chi connectivity index (χ0v) is 18.2. The van der Waals surface area contributed by atoms with Crippen LogP contribution in [-0.4, -0.2) is 45.7 Å². The van der Waals surface area contributed by atoms with Crippen LogP contribution in [0.3, 0.4) is 0 Å². The number of hydrogen-bond acceptors (Lipinski definition) is 6. The van der Waals surface area contributed by atoms with Crippen LogP contribution in [0.4, 0.5) is 11.4 Å². The molecule has 0 fully saturated rings. The van der Waals surface area contributed by atoms with Crippen molar-refractivity contribution in [2.45, 2.75) is 13.3 Å². The first-order chi connectivity index (χ1) is 14.1. The highest BCUT2D eigenvalue weighted by atomic mass is 32.2. The van der Waals surface area contributed by atoms with Gasteiger partial charge in [0.25, 0.3) is 5.91 Å². The third kappa shape index (κ3) is 6.45. The zero-order chi connectivity index (χ0) is 22.3. The first kappa shape index (κ1) is 23.2. The summed E-state index contributed by atoms with van der Waals surface area (Å²) < 4.78 is 28.2. The van der Waals surface area contributed by atoms with Gasteiger partial charge in [-0.1, -0.05) is 24.3 Å². The Balaban J connectivity index is 2.31. The molecule has 0 saturated carbocycles. The van der Waals surface area contributed by atoms with Crippen LogP contribution < -0.4 is 15.4 Å². The number of para-hydroxylation sites is 1. The molecule has 0 unspecified atom stereocenters. The number of carbonyl (C=O) groups excluding carboxylic acids is 1. The van der Waals surface area contributed by atoms with Crippen LogP contribution in [0.1, 0.15) is 18.9 Å². The average molecular weight is 430 g/mol. The summed E-state index contributed by atoms with van der Waals surface area (Å²) >= 11 is 0. The number of nitrogens with one attached hydrogen (secondary N) is 1. The minimum absolute atomic E-state index is 0.0280. The highest BCUT2D eigenvalue weighted by molar-refractivity contribution is 7.90. The lowest BCUT2D eigenvalue weighted by Crippen LogP contribution is -2.32. The van der Waals surface area contributed by atoms with Crippen molar-refractivity contribution in [2.75, 3.05) is 36.3 Å². The second-order valence-electron chi connectivity index (χ2n) is 6.96. The van der Waals surface area contributed by atoms with Crippen LogP contribution in [-0.2, 0) is 14.6 Å². The van der Waals surface area contributed by atoms with E-state index in [0.29, 0.717) is 28.3 Å². The molecule has 2 aromatic rings. The van der Waals surface area contributed by atoms with Crippen molar-refractivity contribution in [1.82, 2.24) is 0 Å². The first-order valence-corrected chi connectivity index (χ1v) is 11.4. The van der Waals surface area contributed by atoms with Gasteiger partial charge in [-0.25, -0.2) is 8.42 Å². The molecular formula is C22H27N3O4S. The Labute approximate surface area is 177 Å². The number of rotatable bonds is 9. The molecule has 30 heavy (non-hydrogen) atoms. The number of amides is 1. The van der Waals surface area contributed by atoms with Gasteiger partial charge in [-0.3, -0.25) is 10.2 Å². The molecule has 2 aromatic carbocycles. The highest BCUT2D eigenvalue weighted by Gasteiger charge is 2.17. The lowest BCUT2D eigenvalue weighted by atomic mass is 10.0. The molecule has 0 saturated heterocycles. The van der Waals surface area contributed by atoms with E-state index in [4.69, 9.17) is 15.9 Å². The standard InChI is InChI=1S/C22H27N3O4S/c1-16(22(24)19-10-4-5-11-20(19)23)14-21(26)25(12-7-13-30(3,27)28)17-8-6-9-18(15-17)29-2/h4-6,8-11,14-15,24H,7,12-13,23H2,1-3H3/b16-14+,24-22?. The van der Waals surface area contributed by atoms with Gasteiger partial charge < -0.3 is 15.4 Å². The van der Waals surface area contributed by atoms with Crippen molar-refractivity contribution in [1.29, 1.82) is 5.41 Å². The molecule has 7 nitrogen and oxygen atoms in total. The van der Waals surface area contributed by atoms with E-state index in [-0.39, 0.29) is 30.3 Å². The molecule has 0 spiro atoms. The number of sulfone groups is 1. The van der Waals surface area contributed by atoms with Gasteiger partial charge in [0.05, 0.1) is 18.6 Å². The van der Waals surface area contributed by atoms with Crippen molar-refractivity contribution >= 4 is 32.8 Å². The van der Waals surface area contributed by atoms with Crippen LogP contribution in [0.5, 0.6) is 5.75 Å². The molecule has 0 aliphatic rings. The predicted octanol–water partition coefficient (Wildman–Crippen LogP) is 3.06. The number of nitrogen functional groups attached to an aromatic ring is 1. The van der Waals surface area contributed by atoms with Crippen LogP contribution >= 0.6 is 0 Å². The summed E-state index contributed by atoms with van der Waals surface area (Å²) in [6.45, 7) is 1.89. The molecule has 3 N–H and O–H groups in total. The Morgan fingerprint density at radius 3 is 2.53 bits per heavy atom. The van der Waals surface area contributed by atoms with Crippen molar-refractivity contribution in [3.63, 3.8) is 0 Å². The van der Waals surface area contributed by atoms with E-state index in [1.165, 1.54) is 24.3 Å². The second kappa shape index (κ2) is 10.1. The molecule has 0 radical (unpaired) electrons. The van der Waals surface area contributed by atoms with Crippen LogP contribution in [0.15, 0.2) is 60.2 Å². The molecule has 1 amide bonds. The van der Waals surface area contributed by atoms with Gasteiger partial charge in [0.1, 0.15) is 15.6 Å². The molecule has 0 aromatic heterocycles. The van der Waals surface area contributed by atoms with E-state index in [2.05, 4.69) is 0 Å². The largest absolute Gasteiger partial charge is 0.497 e. The fraction of sp³-hybridized carbons (Fsp3) is 0.273. The maximum atomic E-state index is 13.1. The van der Waals surface area contributed by atoms with E-state index in [0.717, 1.165) is 0 Å². The predicted molar refractivity (Wildman–Crippen MR) is 121 cm³/mol. The van der Waals surface area contributed by atoms with Crippen LogP contribution in [0.2, 0.25) is 0 Å². The fourth-order valence-corrected chi connectivity index (χ4v) is 3.56. The highest BCUT2D eigenvalue weighted by Crippen LogP contribution is 2.23. The zero-order valence-electron chi connectivity index (χ0n) is 17.4. The number of anilines is 2. The van der Waals surface area contributed by atoms with E-state index >= 15 is 0 Å². The summed E-state index contributed by atoms with van der Waals surface area (Å²) in [6, 6.07) is 14.0. The molecule has 0 aliphatic carbocycles.